The Bertz CT molecular complexity index is 1370. The predicted molar refractivity (Wildman–Crippen MR) is 125 cm³/mol. The van der Waals surface area contributed by atoms with Crippen molar-refractivity contribution in [3.05, 3.63) is 89.7 Å². The summed E-state index contributed by atoms with van der Waals surface area (Å²) in [4.78, 5) is 16.1. The van der Waals surface area contributed by atoms with E-state index in [4.69, 9.17) is 0 Å². The first-order valence-electron chi connectivity index (χ1n) is 10.4. The molecule has 0 radical (unpaired) electrons. The van der Waals surface area contributed by atoms with E-state index >= 15 is 0 Å². The van der Waals surface area contributed by atoms with Gasteiger partial charge in [-0.05, 0) is 41.3 Å². The van der Waals surface area contributed by atoms with Crippen LogP contribution in [-0.2, 0) is 22.1 Å². The summed E-state index contributed by atoms with van der Waals surface area (Å²) in [6.45, 7) is 2.32. The summed E-state index contributed by atoms with van der Waals surface area (Å²) in [5.41, 5.74) is 4.35. The minimum atomic E-state index is -3.24. The van der Waals surface area contributed by atoms with Crippen LogP contribution in [0, 0.1) is 0 Å². The highest BCUT2D eigenvalue weighted by Crippen LogP contribution is 2.25. The number of carboxylic acids is 1. The van der Waals surface area contributed by atoms with Gasteiger partial charge in [-0.3, -0.25) is 0 Å². The number of hydrogen-bond acceptors (Lipinski definition) is 4. The van der Waals surface area contributed by atoms with Crippen molar-refractivity contribution in [2.24, 2.45) is 0 Å². The Morgan fingerprint density at radius 1 is 0.969 bits per heavy atom. The summed E-state index contributed by atoms with van der Waals surface area (Å²) < 4.78 is 26.9. The van der Waals surface area contributed by atoms with Gasteiger partial charge in [-0.15, -0.1) is 0 Å². The molecule has 4 aromatic rings. The van der Waals surface area contributed by atoms with Gasteiger partial charge in [0.1, 0.15) is 11.6 Å². The predicted octanol–water partition coefficient (Wildman–Crippen LogP) is 4.77. The summed E-state index contributed by atoms with van der Waals surface area (Å²) in [6.07, 6.45) is 0.571. The van der Waals surface area contributed by atoms with Crippen molar-refractivity contribution >= 4 is 26.8 Å². The number of carboxylic acid groups (broad SMARTS) is 1. The summed E-state index contributed by atoms with van der Waals surface area (Å²) in [5, 5.41) is 9.46. The molecular formula is C25H24N2O4S. The fourth-order valence-corrected chi connectivity index (χ4v) is 5.27. The number of nitrogens with zero attached hydrogens (tertiary/aromatic N) is 2. The van der Waals surface area contributed by atoms with Gasteiger partial charge >= 0.3 is 5.97 Å². The van der Waals surface area contributed by atoms with E-state index in [-0.39, 0.29) is 17.1 Å². The highest BCUT2D eigenvalue weighted by molar-refractivity contribution is 7.90. The average Bonchev–Trinajstić information content (AvgIpc) is 3.10. The molecule has 7 heteroatoms. The molecule has 1 heterocycles. The molecular weight excluding hydrogens is 424 g/mol. The summed E-state index contributed by atoms with van der Waals surface area (Å²) in [7, 11) is -3.24. The fourth-order valence-electron chi connectivity index (χ4n) is 3.89. The minimum absolute atomic E-state index is 0.0976. The lowest BCUT2D eigenvalue weighted by Crippen LogP contribution is -2.14. The Hall–Kier alpha value is -3.45. The van der Waals surface area contributed by atoms with Gasteiger partial charge in [-0.2, -0.15) is 0 Å². The van der Waals surface area contributed by atoms with Crippen LogP contribution >= 0.6 is 0 Å². The van der Waals surface area contributed by atoms with Crippen molar-refractivity contribution in [3.63, 3.8) is 0 Å². The van der Waals surface area contributed by atoms with Crippen LogP contribution in [-0.4, -0.2) is 34.8 Å². The number of hydrogen-bond donors (Lipinski definition) is 1. The summed E-state index contributed by atoms with van der Waals surface area (Å²) in [5.74, 6) is -0.402. The van der Waals surface area contributed by atoms with Gasteiger partial charge in [0.05, 0.1) is 22.3 Å². The number of carbonyl (C=O) groups is 1. The summed E-state index contributed by atoms with van der Waals surface area (Å²) >= 11 is 0. The highest BCUT2D eigenvalue weighted by atomic mass is 32.2. The second-order valence-corrected chi connectivity index (χ2v) is 9.93. The van der Waals surface area contributed by atoms with Gasteiger partial charge in [0.2, 0.25) is 0 Å². The second-order valence-electron chi connectivity index (χ2n) is 7.74. The van der Waals surface area contributed by atoms with Crippen molar-refractivity contribution in [1.29, 1.82) is 0 Å². The van der Waals surface area contributed by atoms with E-state index in [1.54, 1.807) is 18.2 Å². The van der Waals surface area contributed by atoms with Crippen molar-refractivity contribution in [2.45, 2.75) is 25.6 Å². The van der Waals surface area contributed by atoms with E-state index in [1.165, 1.54) is 0 Å². The number of para-hydroxylation sites is 2. The molecule has 3 aromatic carbocycles. The van der Waals surface area contributed by atoms with Crippen LogP contribution in [0.2, 0.25) is 0 Å². The third kappa shape index (κ3) is 4.57. The molecule has 0 atom stereocenters. The molecule has 0 bridgehead atoms. The number of rotatable bonds is 8. The number of imidazole rings is 1. The van der Waals surface area contributed by atoms with E-state index in [2.05, 4.69) is 4.98 Å². The molecule has 0 aliphatic heterocycles. The van der Waals surface area contributed by atoms with Gasteiger partial charge in [0.15, 0.2) is 9.84 Å². The first-order chi connectivity index (χ1) is 15.4. The van der Waals surface area contributed by atoms with E-state index in [0.29, 0.717) is 24.4 Å². The molecule has 164 valence electrons. The third-order valence-electron chi connectivity index (χ3n) is 5.36. The van der Waals surface area contributed by atoms with Crippen LogP contribution in [0.3, 0.4) is 0 Å². The van der Waals surface area contributed by atoms with E-state index < -0.39 is 15.8 Å². The molecule has 4 rings (SSSR count). The number of aromatic nitrogens is 2. The quantitative estimate of drug-likeness (QED) is 0.419. The smallest absolute Gasteiger partial charge is 0.336 e. The third-order valence-corrected chi connectivity index (χ3v) is 7.09. The molecule has 1 N–H and O–H groups in total. The standard InChI is InChI=1S/C25H24N2O4S/c1-2-15-32(30,31)17-24-26-22-9-5-6-10-23(22)27(24)16-18-11-13-19(14-12-18)20-7-3-4-8-21(20)25(28)29/h3-14H,2,15-17H2,1H3,(H,28,29). The maximum Gasteiger partial charge on any atom is 0.336 e. The summed E-state index contributed by atoms with van der Waals surface area (Å²) in [6, 6.07) is 22.2. The Kier molecular flexibility index (Phi) is 6.10. The lowest BCUT2D eigenvalue weighted by Gasteiger charge is -2.11. The van der Waals surface area contributed by atoms with E-state index in [9.17, 15) is 18.3 Å². The van der Waals surface area contributed by atoms with E-state index in [0.717, 1.165) is 22.2 Å². The zero-order valence-electron chi connectivity index (χ0n) is 17.7. The molecule has 6 nitrogen and oxygen atoms in total. The van der Waals surface area contributed by atoms with Gasteiger partial charge in [0.25, 0.3) is 0 Å². The van der Waals surface area contributed by atoms with Gasteiger partial charge in [-0.25, -0.2) is 18.2 Å². The Morgan fingerprint density at radius 2 is 1.66 bits per heavy atom. The monoisotopic (exact) mass is 448 g/mol. The largest absolute Gasteiger partial charge is 0.478 e. The molecule has 0 saturated carbocycles. The first kappa shape index (κ1) is 21.8. The van der Waals surface area contributed by atoms with Crippen LogP contribution in [0.15, 0.2) is 72.8 Å². The van der Waals surface area contributed by atoms with Crippen LogP contribution < -0.4 is 0 Å². The van der Waals surface area contributed by atoms with Gasteiger partial charge < -0.3 is 9.67 Å². The molecule has 32 heavy (non-hydrogen) atoms. The van der Waals surface area contributed by atoms with Crippen LogP contribution in [0.4, 0.5) is 0 Å². The SMILES string of the molecule is CCCS(=O)(=O)Cc1nc2ccccc2n1Cc1ccc(-c2ccccc2C(=O)O)cc1. The fraction of sp³-hybridized carbons (Fsp3) is 0.200. The lowest BCUT2D eigenvalue weighted by molar-refractivity contribution is 0.0697. The van der Waals surface area contributed by atoms with Crippen LogP contribution in [0.25, 0.3) is 22.2 Å². The van der Waals surface area contributed by atoms with Crippen molar-refractivity contribution in [3.8, 4) is 11.1 Å². The topological polar surface area (TPSA) is 89.3 Å². The van der Waals surface area contributed by atoms with Crippen LogP contribution in [0.1, 0.15) is 35.1 Å². The Morgan fingerprint density at radius 3 is 2.38 bits per heavy atom. The first-order valence-corrected chi connectivity index (χ1v) is 12.3. The molecule has 1 aromatic heterocycles. The normalized spacial score (nSPS) is 11.7. The second kappa shape index (κ2) is 8.96. The Labute approximate surface area is 187 Å². The highest BCUT2D eigenvalue weighted by Gasteiger charge is 2.18. The van der Waals surface area contributed by atoms with Gasteiger partial charge in [-0.1, -0.05) is 61.5 Å². The maximum atomic E-state index is 12.5. The minimum Gasteiger partial charge on any atom is -0.478 e. The molecule has 0 saturated heterocycles. The number of benzene rings is 3. The van der Waals surface area contributed by atoms with E-state index in [1.807, 2.05) is 66.1 Å². The van der Waals surface area contributed by atoms with Gasteiger partial charge in [0, 0.05) is 6.54 Å². The number of sulfone groups is 1. The molecule has 0 aliphatic rings. The molecule has 0 fully saturated rings. The average molecular weight is 449 g/mol. The van der Waals surface area contributed by atoms with Crippen LogP contribution in [0.5, 0.6) is 0 Å². The lowest BCUT2D eigenvalue weighted by atomic mass is 9.99. The Balaban J connectivity index is 1.68. The van der Waals surface area contributed by atoms with Crippen molar-refractivity contribution in [2.75, 3.05) is 5.75 Å². The zero-order chi connectivity index (χ0) is 22.7. The zero-order valence-corrected chi connectivity index (χ0v) is 18.5. The van der Waals surface area contributed by atoms with Crippen molar-refractivity contribution < 1.29 is 18.3 Å². The molecule has 0 aliphatic carbocycles. The number of fused-ring (bicyclic) bond motifs is 1. The molecule has 0 amide bonds. The molecule has 0 spiro atoms. The number of aromatic carboxylic acids is 1. The maximum absolute atomic E-state index is 12.5. The molecule has 0 unspecified atom stereocenters. The van der Waals surface area contributed by atoms with Crippen molar-refractivity contribution in [1.82, 2.24) is 9.55 Å².